The van der Waals surface area contributed by atoms with Gasteiger partial charge >= 0.3 is 5.97 Å². The van der Waals surface area contributed by atoms with Gasteiger partial charge in [-0.15, -0.1) is 0 Å². The van der Waals surface area contributed by atoms with Crippen LogP contribution in [0.15, 0.2) is 0 Å². The quantitative estimate of drug-likeness (QED) is 0.619. The number of Topliss-reactive ketones (excluding diaryl/α,β-unsaturated/α-hetero) is 1. The Morgan fingerprint density at radius 2 is 1.95 bits per heavy atom. The molecule has 0 amide bonds. The van der Waals surface area contributed by atoms with Gasteiger partial charge in [-0.2, -0.15) is 0 Å². The van der Waals surface area contributed by atoms with Gasteiger partial charge in [0, 0.05) is 19.7 Å². The molecule has 0 atom stereocenters. The van der Waals surface area contributed by atoms with Crippen LogP contribution in [0.3, 0.4) is 0 Å². The van der Waals surface area contributed by atoms with Crippen molar-refractivity contribution >= 4 is 38.1 Å². The first-order valence-corrected chi connectivity index (χ1v) is 8.74. The average Bonchev–Trinajstić information content (AvgIpc) is 2.78. The second kappa shape index (κ2) is 6.10. The third kappa shape index (κ3) is 4.01. The van der Waals surface area contributed by atoms with Crippen LogP contribution >= 0.6 is 11.3 Å². The fourth-order valence-corrected chi connectivity index (χ4v) is 2.47. The van der Waals surface area contributed by atoms with Gasteiger partial charge in [0.25, 0.3) is 0 Å². The molecular formula is C12H18N2O5S2. The van der Waals surface area contributed by atoms with Crippen molar-refractivity contribution in [3.63, 3.8) is 0 Å². The first-order chi connectivity index (χ1) is 9.49. The molecule has 1 aromatic rings. The van der Waals surface area contributed by atoms with Gasteiger partial charge in [0.2, 0.25) is 0 Å². The molecule has 0 fully saturated rings. The first-order valence-electron chi connectivity index (χ1n) is 6.03. The minimum Gasteiger partial charge on any atom is -0.464 e. The zero-order valence-electron chi connectivity index (χ0n) is 12.5. The summed E-state index contributed by atoms with van der Waals surface area (Å²) in [7, 11) is -2.06. The molecule has 1 rings (SSSR count). The van der Waals surface area contributed by atoms with Crippen LogP contribution in [0.1, 0.15) is 40.9 Å². The van der Waals surface area contributed by atoms with Crippen molar-refractivity contribution in [2.24, 2.45) is 0 Å². The number of hydrogen-bond acceptors (Lipinski definition) is 8. The van der Waals surface area contributed by atoms with Crippen molar-refractivity contribution < 1.29 is 22.7 Å². The highest BCUT2D eigenvalue weighted by Crippen LogP contribution is 2.25. The number of esters is 1. The van der Waals surface area contributed by atoms with Crippen LogP contribution in [0.25, 0.3) is 0 Å². The number of rotatable bonds is 6. The summed E-state index contributed by atoms with van der Waals surface area (Å²) < 4.78 is 26.8. The molecule has 0 aliphatic carbocycles. The lowest BCUT2D eigenvalue weighted by Crippen LogP contribution is -2.38. The Morgan fingerprint density at radius 3 is 2.38 bits per heavy atom. The minimum absolute atomic E-state index is 0.0605. The molecule has 7 nitrogen and oxygen atoms in total. The number of methoxy groups -OCH3 is 1. The summed E-state index contributed by atoms with van der Waals surface area (Å²) >= 11 is 0.995. The van der Waals surface area contributed by atoms with Crippen LogP contribution in [-0.4, -0.2) is 49.8 Å². The molecule has 0 saturated heterocycles. The molecule has 0 spiro atoms. The van der Waals surface area contributed by atoms with E-state index in [1.54, 1.807) is 13.8 Å². The van der Waals surface area contributed by atoms with E-state index in [1.165, 1.54) is 14.0 Å². The van der Waals surface area contributed by atoms with Crippen LogP contribution < -0.4 is 5.32 Å². The van der Waals surface area contributed by atoms with Gasteiger partial charge in [0.1, 0.15) is 4.88 Å². The van der Waals surface area contributed by atoms with Gasteiger partial charge in [0.15, 0.2) is 26.4 Å². The zero-order valence-corrected chi connectivity index (χ0v) is 14.1. The molecule has 1 heterocycles. The van der Waals surface area contributed by atoms with Crippen molar-refractivity contribution in [2.75, 3.05) is 25.2 Å². The van der Waals surface area contributed by atoms with Gasteiger partial charge in [-0.05, 0) is 13.8 Å². The summed E-state index contributed by atoms with van der Waals surface area (Å²) in [4.78, 5) is 27.2. The summed E-state index contributed by atoms with van der Waals surface area (Å²) in [6, 6.07) is 0. The Kier molecular flexibility index (Phi) is 5.11. The molecule has 0 aliphatic rings. The third-order valence-corrected chi connectivity index (χ3v) is 6.26. The van der Waals surface area contributed by atoms with Gasteiger partial charge < -0.3 is 10.1 Å². The molecule has 0 unspecified atom stereocenters. The van der Waals surface area contributed by atoms with Crippen LogP contribution in [0.5, 0.6) is 0 Å². The molecule has 0 bridgehead atoms. The number of ketones is 1. The van der Waals surface area contributed by atoms with Crippen LogP contribution in [0.4, 0.5) is 5.13 Å². The molecule has 0 aromatic carbocycles. The largest absolute Gasteiger partial charge is 0.464 e. The molecule has 1 N–H and O–H groups in total. The van der Waals surface area contributed by atoms with E-state index in [2.05, 4.69) is 15.0 Å². The Balaban J connectivity index is 3.01. The highest BCUT2D eigenvalue weighted by Gasteiger charge is 2.30. The molecule has 9 heteroatoms. The summed E-state index contributed by atoms with van der Waals surface area (Å²) in [5.41, 5.74) is -0.0605. The Labute approximate surface area is 127 Å². The van der Waals surface area contributed by atoms with Gasteiger partial charge in [0.05, 0.1) is 11.9 Å². The standard InChI is InChI=1S/C12H18N2O5S2/c1-7(15)9-8(10(16)19-4)14-11(20-9)13-6-12(2,3)21(5,17)18/h6H2,1-5H3,(H,13,14). The number of carbonyl (C=O) groups is 2. The number of carbonyl (C=O) groups excluding carboxylic acids is 2. The minimum atomic E-state index is -3.26. The van der Waals surface area contributed by atoms with Crippen molar-refractivity contribution in [1.82, 2.24) is 4.98 Å². The van der Waals surface area contributed by atoms with Gasteiger partial charge in [-0.1, -0.05) is 11.3 Å². The van der Waals surface area contributed by atoms with Crippen molar-refractivity contribution in [2.45, 2.75) is 25.5 Å². The maximum Gasteiger partial charge on any atom is 0.358 e. The number of nitrogens with zero attached hydrogens (tertiary/aromatic N) is 1. The number of anilines is 1. The molecular weight excluding hydrogens is 316 g/mol. The number of aromatic nitrogens is 1. The second-order valence-electron chi connectivity index (χ2n) is 5.13. The summed E-state index contributed by atoms with van der Waals surface area (Å²) in [5, 5.41) is 3.16. The molecule has 0 radical (unpaired) electrons. The molecule has 21 heavy (non-hydrogen) atoms. The van der Waals surface area contributed by atoms with E-state index < -0.39 is 20.6 Å². The monoisotopic (exact) mass is 334 g/mol. The van der Waals surface area contributed by atoms with Crippen LogP contribution in [0.2, 0.25) is 0 Å². The molecule has 1 aromatic heterocycles. The van der Waals surface area contributed by atoms with E-state index in [4.69, 9.17) is 0 Å². The van der Waals surface area contributed by atoms with E-state index in [9.17, 15) is 18.0 Å². The second-order valence-corrected chi connectivity index (χ2v) is 8.78. The summed E-state index contributed by atoms with van der Waals surface area (Å²) in [6.45, 7) is 4.59. The highest BCUT2D eigenvalue weighted by atomic mass is 32.2. The van der Waals surface area contributed by atoms with E-state index in [0.29, 0.717) is 5.13 Å². The normalized spacial score (nSPS) is 12.0. The van der Waals surface area contributed by atoms with Gasteiger partial charge in [-0.3, -0.25) is 4.79 Å². The topological polar surface area (TPSA) is 102 Å². The smallest absolute Gasteiger partial charge is 0.358 e. The lowest BCUT2D eigenvalue weighted by Gasteiger charge is -2.22. The molecule has 0 aliphatic heterocycles. The Hall–Kier alpha value is -1.48. The van der Waals surface area contributed by atoms with E-state index in [-0.39, 0.29) is 22.9 Å². The van der Waals surface area contributed by atoms with Crippen molar-refractivity contribution in [3.8, 4) is 0 Å². The Morgan fingerprint density at radius 1 is 1.38 bits per heavy atom. The predicted octanol–water partition coefficient (Wildman–Crippen LogP) is 1.37. The maximum atomic E-state index is 11.6. The summed E-state index contributed by atoms with van der Waals surface area (Å²) in [5.74, 6) is -1.00. The summed E-state index contributed by atoms with van der Waals surface area (Å²) in [6.07, 6.45) is 1.15. The number of sulfone groups is 1. The number of nitrogens with one attached hydrogen (secondary N) is 1. The van der Waals surface area contributed by atoms with E-state index >= 15 is 0 Å². The highest BCUT2D eigenvalue weighted by molar-refractivity contribution is 7.92. The van der Waals surface area contributed by atoms with Crippen molar-refractivity contribution in [1.29, 1.82) is 0 Å². The zero-order chi connectivity index (χ0) is 16.4. The van der Waals surface area contributed by atoms with Gasteiger partial charge in [-0.25, -0.2) is 18.2 Å². The number of ether oxygens (including phenoxy) is 1. The predicted molar refractivity (Wildman–Crippen MR) is 80.9 cm³/mol. The first kappa shape index (κ1) is 17.6. The van der Waals surface area contributed by atoms with Crippen LogP contribution in [0, 0.1) is 0 Å². The average molecular weight is 334 g/mol. The van der Waals surface area contributed by atoms with E-state index in [0.717, 1.165) is 17.6 Å². The Bertz CT molecular complexity index is 661. The number of thiazole rings is 1. The fourth-order valence-electron chi connectivity index (χ4n) is 1.29. The number of hydrogen-bond donors (Lipinski definition) is 1. The van der Waals surface area contributed by atoms with Crippen LogP contribution in [-0.2, 0) is 14.6 Å². The molecule has 118 valence electrons. The third-order valence-electron chi connectivity index (χ3n) is 2.99. The lowest BCUT2D eigenvalue weighted by molar-refractivity contribution is 0.0591. The SMILES string of the molecule is COC(=O)c1nc(NCC(C)(C)S(C)(=O)=O)sc1C(C)=O. The van der Waals surface area contributed by atoms with E-state index in [1.807, 2.05) is 0 Å². The lowest BCUT2D eigenvalue weighted by atomic mass is 10.2. The maximum absolute atomic E-state index is 11.6. The fraction of sp³-hybridized carbons (Fsp3) is 0.583. The van der Waals surface area contributed by atoms with Crippen molar-refractivity contribution in [3.05, 3.63) is 10.6 Å². The molecule has 0 saturated carbocycles.